The number of halogens is 1. The second-order valence-corrected chi connectivity index (χ2v) is 6.01. The van der Waals surface area contributed by atoms with Crippen LogP contribution in [0.15, 0.2) is 83.7 Å². The number of aromatic nitrogens is 1. The molecule has 3 aromatic carbocycles. The molecular formula is C21H14ClNO. The molecule has 116 valence electrons. The van der Waals surface area contributed by atoms with Gasteiger partial charge in [0, 0.05) is 5.56 Å². The van der Waals surface area contributed by atoms with Crippen molar-refractivity contribution in [1.82, 2.24) is 4.98 Å². The first kappa shape index (κ1) is 14.7. The number of nitrogens with one attached hydrogen (secondary N) is 1. The van der Waals surface area contributed by atoms with Crippen molar-refractivity contribution in [2.24, 2.45) is 0 Å². The molecule has 4 aromatic rings. The van der Waals surface area contributed by atoms with Crippen LogP contribution in [0.1, 0.15) is 0 Å². The van der Waals surface area contributed by atoms with Crippen molar-refractivity contribution in [2.75, 3.05) is 0 Å². The molecule has 2 nitrogen and oxygen atoms in total. The summed E-state index contributed by atoms with van der Waals surface area (Å²) in [6.07, 6.45) is 0. The number of hydrogen-bond acceptors (Lipinski definition) is 1. The predicted molar refractivity (Wildman–Crippen MR) is 100 cm³/mol. The van der Waals surface area contributed by atoms with Gasteiger partial charge in [0.05, 0.1) is 16.1 Å². The number of aromatic amines is 1. The zero-order chi connectivity index (χ0) is 16.5. The fourth-order valence-corrected chi connectivity index (χ4v) is 3.32. The van der Waals surface area contributed by atoms with Crippen LogP contribution < -0.4 is 5.56 Å². The van der Waals surface area contributed by atoms with Gasteiger partial charge in [-0.25, -0.2) is 0 Å². The van der Waals surface area contributed by atoms with E-state index in [0.717, 1.165) is 27.8 Å². The van der Waals surface area contributed by atoms with Crippen molar-refractivity contribution in [1.29, 1.82) is 0 Å². The van der Waals surface area contributed by atoms with E-state index in [0.29, 0.717) is 10.4 Å². The summed E-state index contributed by atoms with van der Waals surface area (Å²) in [4.78, 5) is 15.7. The first-order chi connectivity index (χ1) is 11.8. The average Bonchev–Trinajstić information content (AvgIpc) is 2.63. The van der Waals surface area contributed by atoms with Gasteiger partial charge >= 0.3 is 0 Å². The van der Waals surface area contributed by atoms with Crippen LogP contribution in [0.4, 0.5) is 0 Å². The Bertz CT molecular complexity index is 1070. The Morgan fingerprint density at radius 3 is 2.00 bits per heavy atom. The quantitative estimate of drug-likeness (QED) is 0.515. The van der Waals surface area contributed by atoms with E-state index in [2.05, 4.69) is 4.98 Å². The van der Waals surface area contributed by atoms with Crippen molar-refractivity contribution in [2.45, 2.75) is 0 Å². The number of fused-ring (bicyclic) bond motifs is 1. The first-order valence-corrected chi connectivity index (χ1v) is 8.09. The highest BCUT2D eigenvalue weighted by atomic mass is 35.5. The third-order valence-electron chi connectivity index (χ3n) is 4.12. The number of rotatable bonds is 2. The molecule has 0 aliphatic heterocycles. The Hall–Kier alpha value is -2.84. The molecule has 24 heavy (non-hydrogen) atoms. The summed E-state index contributed by atoms with van der Waals surface area (Å²) >= 11 is 6.30. The molecule has 0 unspecified atom stereocenters. The lowest BCUT2D eigenvalue weighted by atomic mass is 9.94. The maximum absolute atomic E-state index is 12.6. The molecule has 0 fully saturated rings. The maximum atomic E-state index is 12.6. The van der Waals surface area contributed by atoms with Crippen LogP contribution in [0, 0.1) is 0 Å². The zero-order valence-corrected chi connectivity index (χ0v) is 13.5. The van der Waals surface area contributed by atoms with Gasteiger partial charge < -0.3 is 4.98 Å². The molecular weight excluding hydrogens is 318 g/mol. The van der Waals surface area contributed by atoms with Gasteiger partial charge in [-0.1, -0.05) is 84.4 Å². The lowest BCUT2D eigenvalue weighted by Crippen LogP contribution is -2.09. The molecule has 1 heterocycles. The molecule has 0 amide bonds. The SMILES string of the molecule is O=c1[nH]c(-c2ccccc2)c(-c2ccccc2)c2cccc(Cl)c12. The monoisotopic (exact) mass is 331 g/mol. The Morgan fingerprint density at radius 2 is 1.33 bits per heavy atom. The second kappa shape index (κ2) is 5.99. The fraction of sp³-hybridized carbons (Fsp3) is 0. The number of H-pyrrole nitrogens is 1. The highest BCUT2D eigenvalue weighted by molar-refractivity contribution is 6.36. The Kier molecular flexibility index (Phi) is 3.68. The second-order valence-electron chi connectivity index (χ2n) is 5.60. The van der Waals surface area contributed by atoms with Gasteiger partial charge in [-0.3, -0.25) is 4.79 Å². The molecule has 1 N–H and O–H groups in total. The van der Waals surface area contributed by atoms with E-state index < -0.39 is 0 Å². The van der Waals surface area contributed by atoms with E-state index in [4.69, 9.17) is 11.6 Å². The highest BCUT2D eigenvalue weighted by Gasteiger charge is 2.16. The average molecular weight is 332 g/mol. The minimum atomic E-state index is -0.172. The van der Waals surface area contributed by atoms with Crippen molar-refractivity contribution in [3.63, 3.8) is 0 Å². The minimum Gasteiger partial charge on any atom is -0.321 e. The highest BCUT2D eigenvalue weighted by Crippen LogP contribution is 2.36. The Balaban J connectivity index is 2.19. The standard InChI is InChI=1S/C21H14ClNO/c22-17-13-7-12-16-18(14-8-3-1-4-9-14)20(23-21(24)19(16)17)15-10-5-2-6-11-15/h1-13H,(H,23,24). The summed E-state index contributed by atoms with van der Waals surface area (Å²) in [6.45, 7) is 0. The normalized spacial score (nSPS) is 10.9. The summed E-state index contributed by atoms with van der Waals surface area (Å²) < 4.78 is 0. The van der Waals surface area contributed by atoms with E-state index in [9.17, 15) is 4.79 Å². The predicted octanol–water partition coefficient (Wildman–Crippen LogP) is 5.52. The van der Waals surface area contributed by atoms with Crippen LogP contribution >= 0.6 is 11.6 Å². The summed E-state index contributed by atoms with van der Waals surface area (Å²) in [6, 6.07) is 25.5. The van der Waals surface area contributed by atoms with E-state index in [1.807, 2.05) is 72.8 Å². The third kappa shape index (κ3) is 2.41. The Labute approximate surface area is 144 Å². The van der Waals surface area contributed by atoms with E-state index in [-0.39, 0.29) is 5.56 Å². The first-order valence-electron chi connectivity index (χ1n) is 7.71. The number of hydrogen-bond donors (Lipinski definition) is 1. The van der Waals surface area contributed by atoms with E-state index in [1.165, 1.54) is 0 Å². The maximum Gasteiger partial charge on any atom is 0.257 e. The molecule has 0 radical (unpaired) electrons. The van der Waals surface area contributed by atoms with Crippen LogP contribution in [-0.4, -0.2) is 4.98 Å². The smallest absolute Gasteiger partial charge is 0.257 e. The van der Waals surface area contributed by atoms with Crippen LogP contribution in [-0.2, 0) is 0 Å². The van der Waals surface area contributed by atoms with Crippen molar-refractivity contribution < 1.29 is 0 Å². The van der Waals surface area contributed by atoms with Crippen LogP contribution in [0.25, 0.3) is 33.2 Å². The minimum absolute atomic E-state index is 0.172. The van der Waals surface area contributed by atoms with Crippen LogP contribution in [0.2, 0.25) is 5.02 Å². The topological polar surface area (TPSA) is 32.9 Å². The summed E-state index contributed by atoms with van der Waals surface area (Å²) in [7, 11) is 0. The largest absolute Gasteiger partial charge is 0.321 e. The molecule has 0 aliphatic rings. The summed E-state index contributed by atoms with van der Waals surface area (Å²) in [5.74, 6) is 0. The number of pyridine rings is 1. The third-order valence-corrected chi connectivity index (χ3v) is 4.44. The van der Waals surface area contributed by atoms with Gasteiger partial charge in [-0.15, -0.1) is 0 Å². The molecule has 0 bridgehead atoms. The Morgan fingerprint density at radius 1 is 0.708 bits per heavy atom. The molecule has 1 aromatic heterocycles. The number of benzene rings is 3. The van der Waals surface area contributed by atoms with Gasteiger partial charge in [-0.05, 0) is 22.6 Å². The van der Waals surface area contributed by atoms with Gasteiger partial charge in [0.2, 0.25) is 0 Å². The fourth-order valence-electron chi connectivity index (χ4n) is 3.06. The van der Waals surface area contributed by atoms with Gasteiger partial charge in [0.15, 0.2) is 0 Å². The van der Waals surface area contributed by atoms with E-state index in [1.54, 1.807) is 6.07 Å². The molecule has 0 saturated carbocycles. The molecule has 0 aliphatic carbocycles. The van der Waals surface area contributed by atoms with Crippen LogP contribution in [0.3, 0.4) is 0 Å². The molecule has 3 heteroatoms. The van der Waals surface area contributed by atoms with Crippen molar-refractivity contribution in [3.8, 4) is 22.4 Å². The molecule has 0 spiro atoms. The summed E-state index contributed by atoms with van der Waals surface area (Å²) in [5, 5.41) is 1.85. The molecule has 0 saturated heterocycles. The van der Waals surface area contributed by atoms with Crippen molar-refractivity contribution >= 4 is 22.4 Å². The van der Waals surface area contributed by atoms with Crippen LogP contribution in [0.5, 0.6) is 0 Å². The molecule has 4 rings (SSSR count). The van der Waals surface area contributed by atoms with Crippen molar-refractivity contribution in [3.05, 3.63) is 94.2 Å². The lowest BCUT2D eigenvalue weighted by molar-refractivity contribution is 1.28. The molecule has 0 atom stereocenters. The zero-order valence-electron chi connectivity index (χ0n) is 12.8. The van der Waals surface area contributed by atoms with Gasteiger partial charge in [0.1, 0.15) is 0 Å². The van der Waals surface area contributed by atoms with Gasteiger partial charge in [-0.2, -0.15) is 0 Å². The lowest BCUT2D eigenvalue weighted by Gasteiger charge is -2.14. The van der Waals surface area contributed by atoms with Gasteiger partial charge in [0.25, 0.3) is 5.56 Å². The van der Waals surface area contributed by atoms with E-state index >= 15 is 0 Å². The summed E-state index contributed by atoms with van der Waals surface area (Å²) in [5.41, 5.74) is 3.63.